The number of aryl methyl sites for hydroxylation is 2. The third-order valence-electron chi connectivity index (χ3n) is 4.73. The van der Waals surface area contributed by atoms with Gasteiger partial charge in [0, 0.05) is 37.0 Å². The molecule has 128 valence electrons. The summed E-state index contributed by atoms with van der Waals surface area (Å²) in [5, 5.41) is 1.62. The van der Waals surface area contributed by atoms with Crippen LogP contribution in [0, 0.1) is 13.8 Å². The summed E-state index contributed by atoms with van der Waals surface area (Å²) in [5.74, 6) is 0.675. The molecule has 3 heterocycles. The fraction of sp³-hybridized carbons (Fsp3) is 0.316. The number of pyridine rings is 1. The molecule has 25 heavy (non-hydrogen) atoms. The molecule has 0 unspecified atom stereocenters. The van der Waals surface area contributed by atoms with Crippen LogP contribution in [-0.4, -0.2) is 26.4 Å². The Kier molecular flexibility index (Phi) is 4.06. The molecule has 0 amide bonds. The molecule has 2 aromatic heterocycles. The van der Waals surface area contributed by atoms with E-state index in [1.807, 2.05) is 26.0 Å². The number of para-hydroxylation sites is 1. The standard InChI is InChI=1S/C19H19ClN4O/c1-11-4-3-5-13-8-14(18(20)23-17(11)13)9-24-7-6-16-15(10-24)19(25)22-12(2)21-16/h3-5,8H,6-7,9-10H2,1-2H3,(H,21,22,25). The van der Waals surface area contributed by atoms with E-state index in [1.165, 1.54) is 0 Å². The lowest BCUT2D eigenvalue weighted by atomic mass is 10.1. The highest BCUT2D eigenvalue weighted by molar-refractivity contribution is 6.30. The molecule has 0 saturated heterocycles. The van der Waals surface area contributed by atoms with Gasteiger partial charge in [-0.05, 0) is 25.5 Å². The van der Waals surface area contributed by atoms with Crippen LogP contribution in [0.2, 0.25) is 5.15 Å². The number of hydrogen-bond donors (Lipinski definition) is 1. The number of H-pyrrole nitrogens is 1. The third kappa shape index (κ3) is 3.05. The fourth-order valence-corrected chi connectivity index (χ4v) is 3.66. The van der Waals surface area contributed by atoms with E-state index in [0.717, 1.165) is 46.3 Å². The second kappa shape index (κ2) is 6.24. The highest BCUT2D eigenvalue weighted by Gasteiger charge is 2.21. The van der Waals surface area contributed by atoms with Crippen LogP contribution in [0.25, 0.3) is 10.9 Å². The molecule has 1 aromatic carbocycles. The Morgan fingerprint density at radius 1 is 1.28 bits per heavy atom. The van der Waals surface area contributed by atoms with Gasteiger partial charge in [0.15, 0.2) is 0 Å². The molecule has 0 atom stereocenters. The number of aromatic nitrogens is 3. The quantitative estimate of drug-likeness (QED) is 0.718. The largest absolute Gasteiger partial charge is 0.310 e. The normalized spacial score (nSPS) is 14.7. The van der Waals surface area contributed by atoms with Gasteiger partial charge in [-0.2, -0.15) is 0 Å². The first-order chi connectivity index (χ1) is 12.0. The summed E-state index contributed by atoms with van der Waals surface area (Å²) in [4.78, 5) is 26.3. The van der Waals surface area contributed by atoms with Gasteiger partial charge in [0.1, 0.15) is 11.0 Å². The van der Waals surface area contributed by atoms with Gasteiger partial charge >= 0.3 is 0 Å². The zero-order chi connectivity index (χ0) is 17.6. The number of hydrogen-bond acceptors (Lipinski definition) is 4. The Morgan fingerprint density at radius 2 is 2.12 bits per heavy atom. The molecule has 5 nitrogen and oxygen atoms in total. The predicted octanol–water partition coefficient (Wildman–Crippen LogP) is 3.15. The Hall–Kier alpha value is -2.24. The number of rotatable bonds is 2. The Balaban J connectivity index is 1.64. The highest BCUT2D eigenvalue weighted by atomic mass is 35.5. The van der Waals surface area contributed by atoms with Crippen molar-refractivity contribution in [3.63, 3.8) is 0 Å². The summed E-state index contributed by atoms with van der Waals surface area (Å²) < 4.78 is 0. The Morgan fingerprint density at radius 3 is 2.96 bits per heavy atom. The van der Waals surface area contributed by atoms with E-state index in [2.05, 4.69) is 32.0 Å². The summed E-state index contributed by atoms with van der Waals surface area (Å²) in [6.07, 6.45) is 0.776. The van der Waals surface area contributed by atoms with E-state index in [0.29, 0.717) is 24.1 Å². The molecule has 1 N–H and O–H groups in total. The van der Waals surface area contributed by atoms with Crippen LogP contribution in [0.3, 0.4) is 0 Å². The zero-order valence-electron chi connectivity index (χ0n) is 14.3. The summed E-state index contributed by atoms with van der Waals surface area (Å²) >= 11 is 6.43. The fourth-order valence-electron chi connectivity index (χ4n) is 3.46. The van der Waals surface area contributed by atoms with Gasteiger partial charge in [-0.25, -0.2) is 9.97 Å². The van der Waals surface area contributed by atoms with Crippen LogP contribution in [0.15, 0.2) is 29.1 Å². The number of nitrogens with zero attached hydrogens (tertiary/aromatic N) is 3. The van der Waals surface area contributed by atoms with Crippen molar-refractivity contribution < 1.29 is 0 Å². The predicted molar refractivity (Wildman–Crippen MR) is 98.9 cm³/mol. The molecule has 1 aliphatic heterocycles. The van der Waals surface area contributed by atoms with Crippen LogP contribution in [0.4, 0.5) is 0 Å². The smallest absolute Gasteiger partial charge is 0.255 e. The van der Waals surface area contributed by atoms with Crippen LogP contribution in [0.1, 0.15) is 28.2 Å². The summed E-state index contributed by atoms with van der Waals surface area (Å²) in [5.41, 5.74) is 4.68. The number of nitrogens with one attached hydrogen (secondary N) is 1. The molecular formula is C19H19ClN4O. The zero-order valence-corrected chi connectivity index (χ0v) is 15.0. The summed E-state index contributed by atoms with van der Waals surface area (Å²) in [7, 11) is 0. The lowest BCUT2D eigenvalue weighted by Gasteiger charge is -2.27. The topological polar surface area (TPSA) is 61.9 Å². The number of benzene rings is 1. The number of halogens is 1. The van der Waals surface area contributed by atoms with Crippen LogP contribution < -0.4 is 5.56 Å². The molecule has 6 heteroatoms. The van der Waals surface area contributed by atoms with Crippen molar-refractivity contribution in [3.05, 3.63) is 68.0 Å². The first kappa shape index (κ1) is 16.2. The summed E-state index contributed by atoms with van der Waals surface area (Å²) in [6, 6.07) is 8.22. The molecular weight excluding hydrogens is 336 g/mol. The van der Waals surface area contributed by atoms with Crippen molar-refractivity contribution >= 4 is 22.5 Å². The second-order valence-electron chi connectivity index (χ2n) is 6.62. The van der Waals surface area contributed by atoms with Gasteiger partial charge in [-0.3, -0.25) is 9.69 Å². The van der Waals surface area contributed by atoms with Crippen molar-refractivity contribution in [2.24, 2.45) is 0 Å². The Bertz CT molecular complexity index is 1030. The van der Waals surface area contributed by atoms with Gasteiger partial charge in [0.05, 0.1) is 16.8 Å². The minimum atomic E-state index is -0.0365. The number of fused-ring (bicyclic) bond motifs is 2. The lowest BCUT2D eigenvalue weighted by molar-refractivity contribution is 0.241. The van der Waals surface area contributed by atoms with E-state index < -0.39 is 0 Å². The molecule has 0 fully saturated rings. The molecule has 1 aliphatic rings. The molecule has 0 aliphatic carbocycles. The first-order valence-corrected chi connectivity index (χ1v) is 8.75. The van der Waals surface area contributed by atoms with Crippen molar-refractivity contribution in [3.8, 4) is 0 Å². The van der Waals surface area contributed by atoms with Gasteiger partial charge in [-0.1, -0.05) is 29.8 Å². The molecule has 0 bridgehead atoms. The van der Waals surface area contributed by atoms with Gasteiger partial charge in [0.2, 0.25) is 0 Å². The summed E-state index contributed by atoms with van der Waals surface area (Å²) in [6.45, 7) is 5.96. The molecule has 0 saturated carbocycles. The maximum atomic E-state index is 12.2. The molecule has 3 aromatic rings. The van der Waals surface area contributed by atoms with E-state index in [4.69, 9.17) is 11.6 Å². The lowest BCUT2D eigenvalue weighted by Crippen LogP contribution is -2.35. The average molecular weight is 355 g/mol. The van der Waals surface area contributed by atoms with Crippen LogP contribution in [-0.2, 0) is 19.5 Å². The van der Waals surface area contributed by atoms with Crippen molar-refractivity contribution in [2.75, 3.05) is 6.54 Å². The Labute approximate surface area is 150 Å². The number of aromatic amines is 1. The molecule has 4 rings (SSSR count). The first-order valence-electron chi connectivity index (χ1n) is 8.37. The van der Waals surface area contributed by atoms with Gasteiger partial charge in [0.25, 0.3) is 5.56 Å². The van der Waals surface area contributed by atoms with Gasteiger partial charge in [-0.15, -0.1) is 0 Å². The van der Waals surface area contributed by atoms with Crippen molar-refractivity contribution in [1.29, 1.82) is 0 Å². The van der Waals surface area contributed by atoms with Crippen LogP contribution >= 0.6 is 11.6 Å². The second-order valence-corrected chi connectivity index (χ2v) is 6.98. The average Bonchev–Trinajstić information content (AvgIpc) is 2.57. The molecule has 0 radical (unpaired) electrons. The maximum absolute atomic E-state index is 12.2. The van der Waals surface area contributed by atoms with E-state index in [1.54, 1.807) is 0 Å². The minimum absolute atomic E-state index is 0.0365. The van der Waals surface area contributed by atoms with Crippen molar-refractivity contribution in [2.45, 2.75) is 33.4 Å². The minimum Gasteiger partial charge on any atom is -0.310 e. The highest BCUT2D eigenvalue weighted by Crippen LogP contribution is 2.25. The SMILES string of the molecule is Cc1nc2c(c(=O)[nH]1)CN(Cc1cc3cccc(C)c3nc1Cl)CC2. The van der Waals surface area contributed by atoms with Gasteiger partial charge < -0.3 is 4.98 Å². The van der Waals surface area contributed by atoms with E-state index >= 15 is 0 Å². The maximum Gasteiger partial charge on any atom is 0.255 e. The third-order valence-corrected chi connectivity index (χ3v) is 5.06. The monoisotopic (exact) mass is 354 g/mol. The van der Waals surface area contributed by atoms with E-state index in [-0.39, 0.29) is 5.56 Å². The van der Waals surface area contributed by atoms with Crippen molar-refractivity contribution in [1.82, 2.24) is 19.9 Å². The van der Waals surface area contributed by atoms with E-state index in [9.17, 15) is 4.79 Å². The van der Waals surface area contributed by atoms with Crippen LogP contribution in [0.5, 0.6) is 0 Å². The molecule has 0 spiro atoms.